The zero-order chi connectivity index (χ0) is 8.15. The van der Waals surface area contributed by atoms with Crippen molar-refractivity contribution in [1.29, 1.82) is 0 Å². The first-order chi connectivity index (χ1) is 4.57. The number of rotatable bonds is 3. The van der Waals surface area contributed by atoms with Gasteiger partial charge in [-0.15, -0.1) is 0 Å². The van der Waals surface area contributed by atoms with E-state index < -0.39 is 17.6 Å². The van der Waals surface area contributed by atoms with Gasteiger partial charge in [0.2, 0.25) is 5.91 Å². The Bertz CT molecular complexity index is 200. The normalized spacial score (nSPS) is 7.27. The number of hydrogen-bond donors (Lipinski definition) is 1. The Hall–Kier alpha value is 0.0564. The van der Waals surface area contributed by atoms with Gasteiger partial charge in [-0.1, -0.05) is 13.2 Å². The van der Waals surface area contributed by atoms with Crippen LogP contribution in [0, 0.1) is 0 Å². The summed E-state index contributed by atoms with van der Waals surface area (Å²) in [5.74, 6) is -2.12. The van der Waals surface area contributed by atoms with Crippen LogP contribution in [0.15, 0.2) is 24.9 Å². The fourth-order valence-electron chi connectivity index (χ4n) is 0.251. The second kappa shape index (κ2) is 6.75. The molecule has 0 aromatic rings. The van der Waals surface area contributed by atoms with Crippen LogP contribution in [0.5, 0.6) is 0 Å². The van der Waals surface area contributed by atoms with Crippen LogP contribution in [0.3, 0.4) is 0 Å². The predicted molar refractivity (Wildman–Crippen MR) is 32.5 cm³/mol. The standard InChI is InChI=1S/C6H7NO3.K/c1-3-5(8)7-4(2)6(9)10;/h3H,1-2H2,(H,7,8)(H,9,10);/q;+1/p-1. The third kappa shape index (κ3) is 6.45. The summed E-state index contributed by atoms with van der Waals surface area (Å²) in [4.78, 5) is 20.2. The molecule has 0 atom stereocenters. The van der Waals surface area contributed by atoms with E-state index in [9.17, 15) is 14.7 Å². The number of amides is 1. The fourth-order valence-corrected chi connectivity index (χ4v) is 0.251. The maximum absolute atomic E-state index is 10.3. The number of carboxylic acids is 1. The molecule has 0 aliphatic heterocycles. The van der Waals surface area contributed by atoms with E-state index in [1.807, 2.05) is 5.32 Å². The molecule has 0 aliphatic carbocycles. The number of carboxylic acid groups (broad SMARTS) is 1. The third-order valence-corrected chi connectivity index (χ3v) is 0.706. The summed E-state index contributed by atoms with van der Waals surface area (Å²) >= 11 is 0. The zero-order valence-corrected chi connectivity index (χ0v) is 9.34. The molecule has 0 radical (unpaired) electrons. The molecule has 0 rings (SSSR count). The monoisotopic (exact) mass is 179 g/mol. The van der Waals surface area contributed by atoms with Gasteiger partial charge in [-0.3, -0.25) is 4.79 Å². The van der Waals surface area contributed by atoms with E-state index in [1.54, 1.807) is 0 Å². The molecule has 54 valence electrons. The first-order valence-corrected chi connectivity index (χ1v) is 2.41. The molecule has 1 N–H and O–H groups in total. The SMILES string of the molecule is C=CC(=O)NC(=C)C(=O)[O-].[K+]. The molecular formula is C6H6KNO3. The number of nitrogens with one attached hydrogen (secondary N) is 1. The Morgan fingerprint density at radius 3 is 2.18 bits per heavy atom. The average molecular weight is 179 g/mol. The van der Waals surface area contributed by atoms with Gasteiger partial charge in [0.25, 0.3) is 0 Å². The Morgan fingerprint density at radius 1 is 1.45 bits per heavy atom. The van der Waals surface area contributed by atoms with Gasteiger partial charge >= 0.3 is 51.4 Å². The molecule has 0 aromatic heterocycles. The molecule has 0 unspecified atom stereocenters. The van der Waals surface area contributed by atoms with Crippen LogP contribution >= 0.6 is 0 Å². The van der Waals surface area contributed by atoms with Crippen LogP contribution in [0.25, 0.3) is 0 Å². The van der Waals surface area contributed by atoms with Crippen molar-refractivity contribution in [1.82, 2.24) is 5.32 Å². The second-order valence-corrected chi connectivity index (χ2v) is 1.46. The topological polar surface area (TPSA) is 69.2 Å². The van der Waals surface area contributed by atoms with E-state index in [2.05, 4.69) is 13.2 Å². The van der Waals surface area contributed by atoms with Crippen LogP contribution in [0.4, 0.5) is 0 Å². The fraction of sp³-hybridized carbons (Fsp3) is 0. The number of aliphatic carboxylic acids is 1. The van der Waals surface area contributed by atoms with E-state index in [0.29, 0.717) is 0 Å². The van der Waals surface area contributed by atoms with Gasteiger partial charge in [-0.05, 0) is 6.08 Å². The molecule has 0 saturated heterocycles. The van der Waals surface area contributed by atoms with Crippen LogP contribution < -0.4 is 61.8 Å². The Labute approximate surface area is 107 Å². The summed E-state index contributed by atoms with van der Waals surface area (Å²) in [6, 6.07) is 0. The van der Waals surface area contributed by atoms with Crippen LogP contribution in [0.2, 0.25) is 0 Å². The van der Waals surface area contributed by atoms with E-state index in [-0.39, 0.29) is 51.4 Å². The summed E-state index contributed by atoms with van der Waals surface area (Å²) < 4.78 is 0. The van der Waals surface area contributed by atoms with Crippen LogP contribution in [-0.2, 0) is 9.59 Å². The smallest absolute Gasteiger partial charge is 0.543 e. The molecule has 5 heteroatoms. The van der Waals surface area contributed by atoms with Crippen molar-refractivity contribution in [3.05, 3.63) is 24.9 Å². The zero-order valence-electron chi connectivity index (χ0n) is 6.22. The molecule has 0 aromatic carbocycles. The summed E-state index contributed by atoms with van der Waals surface area (Å²) in [5, 5.41) is 11.8. The molecule has 4 nitrogen and oxygen atoms in total. The maximum Gasteiger partial charge on any atom is 1.00 e. The first kappa shape index (κ1) is 13.6. The summed E-state index contributed by atoms with van der Waals surface area (Å²) in [6.45, 7) is 6.11. The van der Waals surface area contributed by atoms with Gasteiger partial charge in [0, 0.05) is 0 Å². The predicted octanol–water partition coefficient (Wildman–Crippen LogP) is -4.44. The molecule has 0 saturated carbocycles. The molecule has 0 fully saturated rings. The summed E-state index contributed by atoms with van der Waals surface area (Å²) in [7, 11) is 0. The molecule has 1 amide bonds. The molecule has 0 spiro atoms. The van der Waals surface area contributed by atoms with Crippen LogP contribution in [0.1, 0.15) is 0 Å². The Balaban J connectivity index is 0. The van der Waals surface area contributed by atoms with Gasteiger partial charge in [-0.25, -0.2) is 0 Å². The van der Waals surface area contributed by atoms with Crippen molar-refractivity contribution in [3.63, 3.8) is 0 Å². The van der Waals surface area contributed by atoms with E-state index in [1.165, 1.54) is 0 Å². The van der Waals surface area contributed by atoms with Crippen LogP contribution in [-0.4, -0.2) is 11.9 Å². The van der Waals surface area contributed by atoms with Gasteiger partial charge in [-0.2, -0.15) is 0 Å². The van der Waals surface area contributed by atoms with Gasteiger partial charge in [0.15, 0.2) is 0 Å². The third-order valence-electron chi connectivity index (χ3n) is 0.706. The van der Waals surface area contributed by atoms with Crippen molar-refractivity contribution in [2.45, 2.75) is 0 Å². The van der Waals surface area contributed by atoms with Crippen molar-refractivity contribution in [2.24, 2.45) is 0 Å². The minimum absolute atomic E-state index is 0. The Morgan fingerprint density at radius 2 is 1.91 bits per heavy atom. The van der Waals surface area contributed by atoms with E-state index in [0.717, 1.165) is 6.08 Å². The van der Waals surface area contributed by atoms with Crippen molar-refractivity contribution < 1.29 is 66.1 Å². The van der Waals surface area contributed by atoms with Crippen molar-refractivity contribution in [3.8, 4) is 0 Å². The Kier molecular flexibility index (Phi) is 8.36. The summed E-state index contributed by atoms with van der Waals surface area (Å²) in [6.07, 6.45) is 0.939. The molecule has 0 aliphatic rings. The largest absolute Gasteiger partial charge is 1.00 e. The first-order valence-electron chi connectivity index (χ1n) is 2.41. The molecule has 0 heterocycles. The van der Waals surface area contributed by atoms with Gasteiger partial charge in [0.1, 0.15) is 0 Å². The molecule has 0 bridgehead atoms. The molecule has 11 heavy (non-hydrogen) atoms. The summed E-state index contributed by atoms with van der Waals surface area (Å²) in [5.41, 5.74) is -0.468. The average Bonchev–Trinajstić information content (AvgIpc) is 1.87. The van der Waals surface area contributed by atoms with Gasteiger partial charge < -0.3 is 15.2 Å². The minimum Gasteiger partial charge on any atom is -0.543 e. The number of hydrogen-bond acceptors (Lipinski definition) is 3. The molecular weight excluding hydrogens is 173 g/mol. The van der Waals surface area contributed by atoms with E-state index >= 15 is 0 Å². The minimum atomic E-state index is -1.50. The quantitative estimate of drug-likeness (QED) is 0.351. The maximum atomic E-state index is 10.3. The van der Waals surface area contributed by atoms with Gasteiger partial charge in [0.05, 0.1) is 11.7 Å². The second-order valence-electron chi connectivity index (χ2n) is 1.46. The van der Waals surface area contributed by atoms with E-state index in [4.69, 9.17) is 0 Å². The number of carbonyl (C=O) groups is 2. The van der Waals surface area contributed by atoms with Crippen molar-refractivity contribution in [2.75, 3.05) is 0 Å². The number of carbonyl (C=O) groups excluding carboxylic acids is 2. The van der Waals surface area contributed by atoms with Crippen molar-refractivity contribution >= 4 is 11.9 Å².